The number of nitrogens with one attached hydrogen (secondary N) is 3. The second-order valence-electron chi connectivity index (χ2n) is 7.10. The first-order chi connectivity index (χ1) is 16.1. The van der Waals surface area contributed by atoms with Crippen molar-refractivity contribution in [2.24, 2.45) is 0 Å². The molecule has 0 aliphatic heterocycles. The number of benzene rings is 3. The minimum Gasteiger partial charge on any atom is -0.333 e. The molecule has 1 aromatic heterocycles. The van der Waals surface area contributed by atoms with Gasteiger partial charge in [-0.2, -0.15) is 13.2 Å². The number of halogens is 3. The third kappa shape index (κ3) is 5.41. The lowest BCUT2D eigenvalue weighted by Crippen LogP contribution is -2.42. The first kappa shape index (κ1) is 23.8. The Morgan fingerprint density at radius 2 is 1.65 bits per heavy atom. The molecule has 1 heterocycles. The van der Waals surface area contributed by atoms with E-state index in [1.807, 2.05) is 29.7 Å². The number of aromatic nitrogens is 2. The molecule has 4 aromatic rings. The fraction of sp³-hybridized carbons (Fsp3) is 0.0909. The summed E-state index contributed by atoms with van der Waals surface area (Å²) < 4.78 is 64.0. The minimum atomic E-state index is -4.87. The highest BCUT2D eigenvalue weighted by Crippen LogP contribution is 2.33. The molecule has 0 aliphatic rings. The van der Waals surface area contributed by atoms with Crippen LogP contribution in [0.2, 0.25) is 0 Å². The van der Waals surface area contributed by atoms with Gasteiger partial charge in [0.25, 0.3) is 15.9 Å². The molecule has 1 amide bonds. The average Bonchev–Trinajstić information content (AvgIpc) is 3.24. The molecule has 34 heavy (non-hydrogen) atoms. The van der Waals surface area contributed by atoms with E-state index in [4.69, 9.17) is 0 Å². The molecule has 0 saturated carbocycles. The highest BCUT2D eigenvalue weighted by molar-refractivity contribution is 7.98. The van der Waals surface area contributed by atoms with Gasteiger partial charge < -0.3 is 4.98 Å². The van der Waals surface area contributed by atoms with Crippen LogP contribution in [0.3, 0.4) is 0 Å². The highest BCUT2D eigenvalue weighted by atomic mass is 32.2. The molecule has 3 N–H and O–H groups in total. The van der Waals surface area contributed by atoms with Crippen LogP contribution < -0.4 is 10.3 Å². The summed E-state index contributed by atoms with van der Waals surface area (Å²) >= 11 is 1.48. The van der Waals surface area contributed by atoms with Gasteiger partial charge in [-0.05, 0) is 42.0 Å². The van der Waals surface area contributed by atoms with Crippen molar-refractivity contribution >= 4 is 38.7 Å². The van der Waals surface area contributed by atoms with Crippen molar-refractivity contribution in [3.63, 3.8) is 0 Å². The van der Waals surface area contributed by atoms with Gasteiger partial charge in [-0.25, -0.2) is 13.4 Å². The number of rotatable bonds is 7. The number of imidazole rings is 1. The quantitative estimate of drug-likeness (QED) is 0.253. The van der Waals surface area contributed by atoms with E-state index in [0.29, 0.717) is 11.8 Å². The molecule has 3 aromatic carbocycles. The number of hydrogen-bond acceptors (Lipinski definition) is 5. The zero-order chi connectivity index (χ0) is 24.3. The number of nitrogens with zero attached hydrogens (tertiary/aromatic N) is 1. The molecule has 0 saturated heterocycles. The zero-order valence-corrected chi connectivity index (χ0v) is 18.9. The smallest absolute Gasteiger partial charge is 0.333 e. The van der Waals surface area contributed by atoms with Gasteiger partial charge in [0.15, 0.2) is 5.16 Å². The molecular formula is C22H17F3N4O3S2. The summed E-state index contributed by atoms with van der Waals surface area (Å²) in [5.41, 5.74) is 3.42. The second-order valence-corrected chi connectivity index (χ2v) is 9.71. The Hall–Kier alpha value is -3.35. The first-order valence-electron chi connectivity index (χ1n) is 9.78. The van der Waals surface area contributed by atoms with E-state index in [1.54, 1.807) is 17.0 Å². The molecule has 0 unspecified atom stereocenters. The standard InChI is InChI=1S/C22H17F3N4O3S2/c23-22(24,25)16-5-1-4-8-19(16)34(31,32)29-28-20(30)15-11-9-14(10-12-15)13-33-21-26-17-6-2-3-7-18(17)27-21/h1-12,29H,13H2,(H,26,27)(H,28,30). The van der Waals surface area contributed by atoms with E-state index in [9.17, 15) is 26.4 Å². The molecule has 0 aliphatic carbocycles. The normalized spacial score (nSPS) is 12.1. The van der Waals surface area contributed by atoms with Crippen LogP contribution in [0.5, 0.6) is 0 Å². The Morgan fingerprint density at radius 1 is 0.971 bits per heavy atom. The van der Waals surface area contributed by atoms with Crippen molar-refractivity contribution in [2.45, 2.75) is 22.0 Å². The Kier molecular flexibility index (Phi) is 6.64. The lowest BCUT2D eigenvalue weighted by atomic mass is 10.1. The van der Waals surface area contributed by atoms with Gasteiger partial charge in [0.1, 0.15) is 0 Å². The molecule has 0 spiro atoms. The number of sulfonamides is 1. The van der Waals surface area contributed by atoms with E-state index in [-0.39, 0.29) is 5.56 Å². The fourth-order valence-corrected chi connectivity index (χ4v) is 4.99. The number of H-pyrrole nitrogens is 1. The number of thioether (sulfide) groups is 1. The second kappa shape index (κ2) is 9.49. The first-order valence-corrected chi connectivity index (χ1v) is 12.3. The van der Waals surface area contributed by atoms with Gasteiger partial charge in [-0.3, -0.25) is 10.2 Å². The van der Waals surface area contributed by atoms with Crippen LogP contribution in [-0.4, -0.2) is 24.3 Å². The summed E-state index contributed by atoms with van der Waals surface area (Å²) in [5, 5.41) is 0.747. The van der Waals surface area contributed by atoms with Gasteiger partial charge in [0, 0.05) is 11.3 Å². The van der Waals surface area contributed by atoms with Crippen LogP contribution in [0.15, 0.2) is 82.8 Å². The predicted octanol–water partition coefficient (Wildman–Crippen LogP) is 4.50. The number of fused-ring (bicyclic) bond motifs is 1. The number of alkyl halides is 3. The Labute approximate surface area is 196 Å². The Morgan fingerprint density at radius 3 is 2.35 bits per heavy atom. The fourth-order valence-electron chi connectivity index (χ4n) is 3.08. The molecular weight excluding hydrogens is 489 g/mol. The van der Waals surface area contributed by atoms with E-state index < -0.39 is 32.6 Å². The number of carbonyl (C=O) groups excluding carboxylic acids is 1. The van der Waals surface area contributed by atoms with E-state index >= 15 is 0 Å². The van der Waals surface area contributed by atoms with Crippen LogP contribution in [0, 0.1) is 0 Å². The number of carbonyl (C=O) groups is 1. The van der Waals surface area contributed by atoms with Crippen molar-refractivity contribution in [1.29, 1.82) is 0 Å². The SMILES string of the molecule is O=C(NNS(=O)(=O)c1ccccc1C(F)(F)F)c1ccc(CSc2nc3ccccc3[nH]2)cc1. The third-order valence-corrected chi connectivity index (χ3v) is 6.99. The summed E-state index contributed by atoms with van der Waals surface area (Å²) in [5.74, 6) is -0.243. The summed E-state index contributed by atoms with van der Waals surface area (Å²) in [6, 6.07) is 17.7. The molecule has 0 bridgehead atoms. The maximum absolute atomic E-state index is 13.1. The molecule has 12 heteroatoms. The maximum atomic E-state index is 13.1. The van der Waals surface area contributed by atoms with Gasteiger partial charge in [-0.1, -0.05) is 48.2 Å². The molecule has 7 nitrogen and oxygen atoms in total. The number of amides is 1. The van der Waals surface area contributed by atoms with Gasteiger partial charge >= 0.3 is 6.18 Å². The zero-order valence-electron chi connectivity index (χ0n) is 17.3. The monoisotopic (exact) mass is 506 g/mol. The Balaban J connectivity index is 1.37. The van der Waals surface area contributed by atoms with Crippen LogP contribution >= 0.6 is 11.8 Å². The largest absolute Gasteiger partial charge is 0.417 e. The molecule has 0 fully saturated rings. The molecule has 0 atom stereocenters. The van der Waals surface area contributed by atoms with Crippen molar-refractivity contribution in [1.82, 2.24) is 20.2 Å². The lowest BCUT2D eigenvalue weighted by Gasteiger charge is -2.14. The van der Waals surface area contributed by atoms with Crippen LogP contribution in [0.1, 0.15) is 21.5 Å². The average molecular weight is 507 g/mol. The summed E-state index contributed by atoms with van der Waals surface area (Å²) in [6.45, 7) is 0. The van der Waals surface area contributed by atoms with Crippen LogP contribution in [0.25, 0.3) is 11.0 Å². The molecule has 176 valence electrons. The predicted molar refractivity (Wildman–Crippen MR) is 121 cm³/mol. The third-order valence-electron chi connectivity index (χ3n) is 4.74. The van der Waals surface area contributed by atoms with Gasteiger partial charge in [0.2, 0.25) is 0 Å². The lowest BCUT2D eigenvalue weighted by molar-refractivity contribution is -0.139. The number of hydrazine groups is 1. The molecule has 4 rings (SSSR count). The van der Waals surface area contributed by atoms with Crippen LogP contribution in [0.4, 0.5) is 13.2 Å². The van der Waals surface area contributed by atoms with Gasteiger partial charge in [-0.15, -0.1) is 4.83 Å². The summed E-state index contributed by atoms with van der Waals surface area (Å²) in [7, 11) is -4.65. The maximum Gasteiger partial charge on any atom is 0.417 e. The van der Waals surface area contributed by atoms with E-state index in [0.717, 1.165) is 40.0 Å². The van der Waals surface area contributed by atoms with Crippen molar-refractivity contribution < 1.29 is 26.4 Å². The van der Waals surface area contributed by atoms with Crippen molar-refractivity contribution in [3.05, 3.63) is 89.5 Å². The number of hydrogen-bond donors (Lipinski definition) is 3. The van der Waals surface area contributed by atoms with Crippen LogP contribution in [-0.2, 0) is 22.0 Å². The summed E-state index contributed by atoms with van der Waals surface area (Å²) in [4.78, 5) is 20.7. The number of aromatic amines is 1. The van der Waals surface area contributed by atoms with E-state index in [2.05, 4.69) is 9.97 Å². The highest BCUT2D eigenvalue weighted by Gasteiger charge is 2.37. The van der Waals surface area contributed by atoms with E-state index in [1.165, 1.54) is 23.9 Å². The summed E-state index contributed by atoms with van der Waals surface area (Å²) in [6.07, 6.45) is -4.87. The van der Waals surface area contributed by atoms with Gasteiger partial charge in [0.05, 0.1) is 21.5 Å². The molecule has 0 radical (unpaired) electrons. The van der Waals surface area contributed by atoms with Crippen molar-refractivity contribution in [3.8, 4) is 0 Å². The topological polar surface area (TPSA) is 104 Å². The Bertz CT molecular complexity index is 1400. The van der Waals surface area contributed by atoms with Crippen molar-refractivity contribution in [2.75, 3.05) is 0 Å². The number of para-hydroxylation sites is 2. The minimum absolute atomic E-state index is 0.129.